The summed E-state index contributed by atoms with van der Waals surface area (Å²) in [5.41, 5.74) is 0.614. The molecular formula is C15H16N2O4. The minimum Gasteiger partial charge on any atom is -0.484 e. The molecule has 1 aromatic carbocycles. The quantitative estimate of drug-likeness (QED) is 0.913. The van der Waals surface area contributed by atoms with Gasteiger partial charge in [0.25, 0.3) is 11.8 Å². The van der Waals surface area contributed by atoms with Crippen molar-refractivity contribution in [2.45, 2.75) is 0 Å². The number of anilines is 1. The van der Waals surface area contributed by atoms with Crippen molar-refractivity contribution in [3.05, 3.63) is 48.4 Å². The lowest BCUT2D eigenvalue weighted by Crippen LogP contribution is -2.27. The number of amides is 2. The van der Waals surface area contributed by atoms with Crippen molar-refractivity contribution in [3.63, 3.8) is 0 Å². The van der Waals surface area contributed by atoms with Gasteiger partial charge in [0.1, 0.15) is 5.75 Å². The smallest absolute Gasteiger partial charge is 0.291 e. The van der Waals surface area contributed by atoms with Crippen molar-refractivity contribution >= 4 is 17.5 Å². The second kappa shape index (κ2) is 6.60. The van der Waals surface area contributed by atoms with Crippen molar-refractivity contribution in [2.75, 3.05) is 26.0 Å². The molecule has 0 spiro atoms. The summed E-state index contributed by atoms with van der Waals surface area (Å²) in [5, 5.41) is 2.69. The van der Waals surface area contributed by atoms with Crippen molar-refractivity contribution in [1.29, 1.82) is 0 Å². The third-order valence-corrected chi connectivity index (χ3v) is 2.72. The standard InChI is InChI=1S/C15H16N2O4/c1-17(2)14(18)10-21-12-7-5-11(6-8-12)16-15(19)13-4-3-9-20-13/h3-9H,10H2,1-2H3,(H,16,19). The Morgan fingerprint density at radius 3 is 2.48 bits per heavy atom. The van der Waals surface area contributed by atoms with E-state index in [2.05, 4.69) is 5.32 Å². The van der Waals surface area contributed by atoms with E-state index in [1.54, 1.807) is 50.5 Å². The van der Waals surface area contributed by atoms with Crippen LogP contribution in [0.4, 0.5) is 5.69 Å². The third kappa shape index (κ3) is 4.10. The first-order chi connectivity index (χ1) is 10.1. The Hall–Kier alpha value is -2.76. The van der Waals surface area contributed by atoms with E-state index >= 15 is 0 Å². The Morgan fingerprint density at radius 1 is 1.19 bits per heavy atom. The minimum absolute atomic E-state index is 0.0227. The van der Waals surface area contributed by atoms with Gasteiger partial charge in [0.15, 0.2) is 12.4 Å². The number of benzene rings is 1. The summed E-state index contributed by atoms with van der Waals surface area (Å²) in [6.07, 6.45) is 1.44. The molecule has 1 aromatic heterocycles. The Bertz CT molecular complexity index is 603. The highest BCUT2D eigenvalue weighted by Gasteiger charge is 2.09. The van der Waals surface area contributed by atoms with Crippen LogP contribution >= 0.6 is 0 Å². The van der Waals surface area contributed by atoms with E-state index in [-0.39, 0.29) is 24.2 Å². The number of nitrogens with one attached hydrogen (secondary N) is 1. The number of ether oxygens (including phenoxy) is 1. The summed E-state index contributed by atoms with van der Waals surface area (Å²) in [4.78, 5) is 24.6. The Morgan fingerprint density at radius 2 is 1.90 bits per heavy atom. The van der Waals surface area contributed by atoms with Crippen LogP contribution in [-0.2, 0) is 4.79 Å². The van der Waals surface area contributed by atoms with E-state index < -0.39 is 0 Å². The molecule has 0 aliphatic carbocycles. The first-order valence-corrected chi connectivity index (χ1v) is 6.34. The third-order valence-electron chi connectivity index (χ3n) is 2.72. The second-order valence-electron chi connectivity index (χ2n) is 4.53. The van der Waals surface area contributed by atoms with E-state index in [9.17, 15) is 9.59 Å². The largest absolute Gasteiger partial charge is 0.484 e. The van der Waals surface area contributed by atoms with E-state index in [4.69, 9.17) is 9.15 Å². The lowest BCUT2D eigenvalue weighted by atomic mass is 10.3. The fourth-order valence-electron chi connectivity index (χ4n) is 1.51. The highest BCUT2D eigenvalue weighted by molar-refractivity contribution is 6.02. The van der Waals surface area contributed by atoms with Crippen molar-refractivity contribution in [1.82, 2.24) is 4.90 Å². The number of carbonyl (C=O) groups excluding carboxylic acids is 2. The van der Waals surface area contributed by atoms with Crippen LogP contribution in [-0.4, -0.2) is 37.4 Å². The highest BCUT2D eigenvalue weighted by Crippen LogP contribution is 2.16. The zero-order chi connectivity index (χ0) is 15.2. The molecule has 1 heterocycles. The summed E-state index contributed by atoms with van der Waals surface area (Å²) < 4.78 is 10.3. The van der Waals surface area contributed by atoms with E-state index in [1.807, 2.05) is 0 Å². The van der Waals surface area contributed by atoms with Crippen LogP contribution in [0.25, 0.3) is 0 Å². The maximum atomic E-state index is 11.8. The molecule has 6 nitrogen and oxygen atoms in total. The van der Waals surface area contributed by atoms with Crippen LogP contribution in [0.1, 0.15) is 10.6 Å². The molecule has 0 saturated heterocycles. The van der Waals surface area contributed by atoms with Crippen molar-refractivity contribution in [3.8, 4) is 5.75 Å². The van der Waals surface area contributed by atoms with Crippen LogP contribution < -0.4 is 10.1 Å². The van der Waals surface area contributed by atoms with E-state index in [0.29, 0.717) is 11.4 Å². The Labute approximate surface area is 122 Å². The maximum Gasteiger partial charge on any atom is 0.291 e. The zero-order valence-electron chi connectivity index (χ0n) is 11.8. The SMILES string of the molecule is CN(C)C(=O)COc1ccc(NC(=O)c2ccco2)cc1. The van der Waals surface area contributed by atoms with Crippen LogP contribution in [0, 0.1) is 0 Å². The van der Waals surface area contributed by atoms with Crippen molar-refractivity contribution < 1.29 is 18.7 Å². The van der Waals surface area contributed by atoms with Gasteiger partial charge >= 0.3 is 0 Å². The fourth-order valence-corrected chi connectivity index (χ4v) is 1.51. The zero-order valence-corrected chi connectivity index (χ0v) is 11.8. The van der Waals surface area contributed by atoms with Gasteiger partial charge in [0.05, 0.1) is 6.26 Å². The molecule has 0 unspecified atom stereocenters. The Balaban J connectivity index is 1.90. The molecule has 0 saturated carbocycles. The Kier molecular flexibility index (Phi) is 4.61. The topological polar surface area (TPSA) is 71.8 Å². The summed E-state index contributed by atoms with van der Waals surface area (Å²) in [6.45, 7) is -0.0227. The molecule has 110 valence electrons. The molecule has 0 fully saturated rings. The average Bonchev–Trinajstić information content (AvgIpc) is 3.00. The average molecular weight is 288 g/mol. The molecule has 0 bridgehead atoms. The predicted molar refractivity (Wildman–Crippen MR) is 77.3 cm³/mol. The number of hydrogen-bond donors (Lipinski definition) is 1. The molecular weight excluding hydrogens is 272 g/mol. The summed E-state index contributed by atoms with van der Waals surface area (Å²) in [5.74, 6) is 0.356. The monoisotopic (exact) mass is 288 g/mol. The maximum absolute atomic E-state index is 11.8. The summed E-state index contributed by atoms with van der Waals surface area (Å²) in [7, 11) is 3.33. The normalized spacial score (nSPS) is 10.0. The van der Waals surface area contributed by atoms with Crippen LogP contribution in [0.15, 0.2) is 47.1 Å². The van der Waals surface area contributed by atoms with Crippen LogP contribution in [0.2, 0.25) is 0 Å². The molecule has 6 heteroatoms. The number of carbonyl (C=O) groups is 2. The number of nitrogens with zero attached hydrogens (tertiary/aromatic N) is 1. The van der Waals surface area contributed by atoms with Gasteiger partial charge in [-0.2, -0.15) is 0 Å². The molecule has 0 atom stereocenters. The lowest BCUT2D eigenvalue weighted by molar-refractivity contribution is -0.130. The molecule has 2 aromatic rings. The van der Waals surface area contributed by atoms with Gasteiger partial charge in [-0.1, -0.05) is 0 Å². The van der Waals surface area contributed by atoms with Crippen molar-refractivity contribution in [2.24, 2.45) is 0 Å². The molecule has 0 radical (unpaired) electrons. The van der Waals surface area contributed by atoms with Gasteiger partial charge in [-0.05, 0) is 36.4 Å². The molecule has 2 amide bonds. The van der Waals surface area contributed by atoms with Gasteiger partial charge in [-0.3, -0.25) is 9.59 Å². The number of hydrogen-bond acceptors (Lipinski definition) is 4. The molecule has 0 aliphatic rings. The van der Waals surface area contributed by atoms with Crippen LogP contribution in [0.3, 0.4) is 0 Å². The highest BCUT2D eigenvalue weighted by atomic mass is 16.5. The fraction of sp³-hybridized carbons (Fsp3) is 0.200. The first kappa shape index (κ1) is 14.6. The van der Waals surface area contributed by atoms with Gasteiger partial charge in [0, 0.05) is 19.8 Å². The number of likely N-dealkylation sites (N-methyl/N-ethyl adjacent to an activating group) is 1. The van der Waals surface area contributed by atoms with E-state index in [0.717, 1.165) is 0 Å². The molecule has 21 heavy (non-hydrogen) atoms. The molecule has 2 rings (SSSR count). The van der Waals surface area contributed by atoms with Crippen LogP contribution in [0.5, 0.6) is 5.75 Å². The first-order valence-electron chi connectivity index (χ1n) is 6.34. The summed E-state index contributed by atoms with van der Waals surface area (Å²) in [6, 6.07) is 9.97. The number of rotatable bonds is 5. The molecule has 0 aliphatic heterocycles. The number of furan rings is 1. The van der Waals surface area contributed by atoms with Gasteiger partial charge in [-0.25, -0.2) is 0 Å². The van der Waals surface area contributed by atoms with Gasteiger partial charge in [-0.15, -0.1) is 0 Å². The minimum atomic E-state index is -0.323. The van der Waals surface area contributed by atoms with Gasteiger partial charge in [0.2, 0.25) is 0 Å². The van der Waals surface area contributed by atoms with Gasteiger partial charge < -0.3 is 19.4 Å². The predicted octanol–water partition coefficient (Wildman–Crippen LogP) is 2.00. The summed E-state index contributed by atoms with van der Waals surface area (Å²) >= 11 is 0. The van der Waals surface area contributed by atoms with E-state index in [1.165, 1.54) is 11.2 Å². The second-order valence-corrected chi connectivity index (χ2v) is 4.53. The lowest BCUT2D eigenvalue weighted by Gasteiger charge is -2.11. The molecule has 1 N–H and O–H groups in total.